The summed E-state index contributed by atoms with van der Waals surface area (Å²) in [5, 5.41) is 16.3. The Morgan fingerprint density at radius 2 is 2.46 bits per heavy atom. The van der Waals surface area contributed by atoms with Gasteiger partial charge in [0.25, 0.3) is 0 Å². The molecule has 1 rings (SSSR count). The minimum atomic E-state index is 0.189. The van der Waals surface area contributed by atoms with Crippen molar-refractivity contribution in [2.24, 2.45) is 7.05 Å². The van der Waals surface area contributed by atoms with Gasteiger partial charge in [-0.3, -0.25) is 4.68 Å². The first-order valence-electron chi connectivity index (χ1n) is 4.59. The van der Waals surface area contributed by atoms with E-state index in [9.17, 15) is 0 Å². The highest BCUT2D eigenvalue weighted by Crippen LogP contribution is 1.97. The Morgan fingerprint density at radius 3 is 2.92 bits per heavy atom. The van der Waals surface area contributed by atoms with Crippen LogP contribution in [0.2, 0.25) is 0 Å². The van der Waals surface area contributed by atoms with Crippen molar-refractivity contribution in [3.8, 4) is 0 Å². The molecule has 0 bridgehead atoms. The Hall–Kier alpha value is -0.870. The molecule has 74 valence electrons. The fraction of sp³-hybridized carbons (Fsp3) is 0.667. The minimum absolute atomic E-state index is 0.189. The lowest BCUT2D eigenvalue weighted by Gasteiger charge is -2.13. The van der Waals surface area contributed by atoms with Crippen LogP contribution in [0.25, 0.3) is 0 Å². The third-order valence-electron chi connectivity index (χ3n) is 2.21. The molecule has 1 aromatic heterocycles. The molecule has 13 heavy (non-hydrogen) atoms. The predicted molar refractivity (Wildman–Crippen MR) is 51.2 cm³/mol. The highest BCUT2D eigenvalue weighted by molar-refractivity contribution is 4.99. The van der Waals surface area contributed by atoms with Crippen molar-refractivity contribution in [3.05, 3.63) is 18.0 Å². The standard InChI is InChI=1S/C9H17N3O/c1-3-8(7-13)10-6-9-4-5-11-12(9)2/h4-5,8,10,13H,3,6-7H2,1-2H3/t8-/m0/s1. The summed E-state index contributed by atoms with van der Waals surface area (Å²) in [4.78, 5) is 0. The summed E-state index contributed by atoms with van der Waals surface area (Å²) in [7, 11) is 1.91. The maximum atomic E-state index is 8.94. The van der Waals surface area contributed by atoms with Gasteiger partial charge in [0.1, 0.15) is 0 Å². The summed E-state index contributed by atoms with van der Waals surface area (Å²) in [5.74, 6) is 0. The van der Waals surface area contributed by atoms with E-state index in [1.807, 2.05) is 17.8 Å². The number of hydrogen-bond donors (Lipinski definition) is 2. The summed E-state index contributed by atoms with van der Waals surface area (Å²) in [6.45, 7) is 3.00. The molecule has 1 heterocycles. The van der Waals surface area contributed by atoms with Crippen LogP contribution in [0.5, 0.6) is 0 Å². The normalized spacial score (nSPS) is 13.2. The van der Waals surface area contributed by atoms with Crippen molar-refractivity contribution < 1.29 is 5.11 Å². The number of aryl methyl sites for hydroxylation is 1. The summed E-state index contributed by atoms with van der Waals surface area (Å²) >= 11 is 0. The highest BCUT2D eigenvalue weighted by Gasteiger charge is 2.04. The van der Waals surface area contributed by atoms with Crippen LogP contribution < -0.4 is 5.32 Å². The molecule has 4 heteroatoms. The maximum Gasteiger partial charge on any atom is 0.0584 e. The van der Waals surface area contributed by atoms with Crippen LogP contribution in [0.15, 0.2) is 12.3 Å². The second-order valence-corrected chi connectivity index (χ2v) is 3.11. The smallest absolute Gasteiger partial charge is 0.0584 e. The van der Waals surface area contributed by atoms with Crippen LogP contribution in [0, 0.1) is 0 Å². The largest absolute Gasteiger partial charge is 0.395 e. The Bertz CT molecular complexity index is 243. The Kier molecular flexibility index (Phi) is 3.92. The maximum absolute atomic E-state index is 8.94. The van der Waals surface area contributed by atoms with Crippen LogP contribution in [0.1, 0.15) is 19.0 Å². The van der Waals surface area contributed by atoms with Gasteiger partial charge in [-0.2, -0.15) is 5.10 Å². The highest BCUT2D eigenvalue weighted by atomic mass is 16.3. The Labute approximate surface area is 78.6 Å². The molecule has 0 aliphatic heterocycles. The van der Waals surface area contributed by atoms with Gasteiger partial charge in [-0.05, 0) is 12.5 Å². The minimum Gasteiger partial charge on any atom is -0.395 e. The zero-order valence-electron chi connectivity index (χ0n) is 8.20. The van der Waals surface area contributed by atoms with Crippen molar-refractivity contribution in [2.45, 2.75) is 25.9 Å². The van der Waals surface area contributed by atoms with Gasteiger partial charge in [-0.15, -0.1) is 0 Å². The molecule has 0 spiro atoms. The first-order chi connectivity index (χ1) is 6.27. The van der Waals surface area contributed by atoms with E-state index in [1.165, 1.54) is 0 Å². The lowest BCUT2D eigenvalue weighted by Crippen LogP contribution is -2.31. The van der Waals surface area contributed by atoms with Crippen LogP contribution in [-0.2, 0) is 13.6 Å². The molecule has 4 nitrogen and oxygen atoms in total. The predicted octanol–water partition coefficient (Wildman–Crippen LogP) is 0.281. The zero-order valence-corrected chi connectivity index (χ0v) is 8.20. The van der Waals surface area contributed by atoms with Gasteiger partial charge in [0.05, 0.1) is 12.3 Å². The molecule has 0 amide bonds. The second kappa shape index (κ2) is 4.99. The van der Waals surface area contributed by atoms with Crippen LogP contribution in [-0.4, -0.2) is 27.5 Å². The molecule has 1 atom stereocenters. The lowest BCUT2D eigenvalue weighted by molar-refractivity contribution is 0.237. The molecule has 0 saturated heterocycles. The Balaban J connectivity index is 2.38. The van der Waals surface area contributed by atoms with Gasteiger partial charge in [0.15, 0.2) is 0 Å². The van der Waals surface area contributed by atoms with E-state index in [4.69, 9.17) is 5.11 Å². The van der Waals surface area contributed by atoms with E-state index < -0.39 is 0 Å². The van der Waals surface area contributed by atoms with Gasteiger partial charge >= 0.3 is 0 Å². The number of hydrogen-bond acceptors (Lipinski definition) is 3. The van der Waals surface area contributed by atoms with Gasteiger partial charge in [-0.25, -0.2) is 0 Å². The fourth-order valence-electron chi connectivity index (χ4n) is 1.16. The summed E-state index contributed by atoms with van der Waals surface area (Å²) in [6, 6.07) is 2.16. The molecule has 0 aliphatic rings. The van der Waals surface area contributed by atoms with E-state index >= 15 is 0 Å². The van der Waals surface area contributed by atoms with Crippen LogP contribution in [0.4, 0.5) is 0 Å². The Morgan fingerprint density at radius 1 is 1.69 bits per heavy atom. The number of nitrogens with zero attached hydrogens (tertiary/aromatic N) is 2. The second-order valence-electron chi connectivity index (χ2n) is 3.11. The van der Waals surface area contributed by atoms with E-state index in [1.54, 1.807) is 6.20 Å². The number of nitrogens with one attached hydrogen (secondary N) is 1. The summed E-state index contributed by atoms with van der Waals surface area (Å²) in [6.07, 6.45) is 2.71. The topological polar surface area (TPSA) is 50.1 Å². The van der Waals surface area contributed by atoms with Gasteiger partial charge < -0.3 is 10.4 Å². The van der Waals surface area contributed by atoms with Gasteiger partial charge in [0.2, 0.25) is 0 Å². The summed E-state index contributed by atoms with van der Waals surface area (Å²) < 4.78 is 1.83. The zero-order chi connectivity index (χ0) is 9.68. The number of rotatable bonds is 5. The molecular weight excluding hydrogens is 166 g/mol. The molecular formula is C9H17N3O. The molecule has 0 unspecified atom stereocenters. The van der Waals surface area contributed by atoms with Crippen molar-refractivity contribution in [3.63, 3.8) is 0 Å². The van der Waals surface area contributed by atoms with Crippen molar-refractivity contribution in [1.82, 2.24) is 15.1 Å². The quantitative estimate of drug-likeness (QED) is 0.689. The van der Waals surface area contributed by atoms with Crippen LogP contribution in [0.3, 0.4) is 0 Å². The molecule has 0 radical (unpaired) electrons. The van der Waals surface area contributed by atoms with E-state index in [0.29, 0.717) is 0 Å². The molecule has 2 N–H and O–H groups in total. The van der Waals surface area contributed by atoms with Crippen molar-refractivity contribution in [2.75, 3.05) is 6.61 Å². The van der Waals surface area contributed by atoms with Crippen molar-refractivity contribution >= 4 is 0 Å². The van der Waals surface area contributed by atoms with E-state index in [2.05, 4.69) is 17.3 Å². The first kappa shape index (κ1) is 10.2. The molecule has 0 saturated carbocycles. The third kappa shape index (κ3) is 2.82. The van der Waals surface area contributed by atoms with E-state index in [0.717, 1.165) is 18.7 Å². The monoisotopic (exact) mass is 183 g/mol. The fourth-order valence-corrected chi connectivity index (χ4v) is 1.16. The average molecular weight is 183 g/mol. The molecule has 0 fully saturated rings. The van der Waals surface area contributed by atoms with Crippen LogP contribution >= 0.6 is 0 Å². The molecule has 0 aromatic carbocycles. The third-order valence-corrected chi connectivity index (χ3v) is 2.21. The number of aliphatic hydroxyl groups is 1. The summed E-state index contributed by atoms with van der Waals surface area (Å²) in [5.41, 5.74) is 1.13. The molecule has 0 aliphatic carbocycles. The first-order valence-corrected chi connectivity index (χ1v) is 4.59. The number of aromatic nitrogens is 2. The van der Waals surface area contributed by atoms with Gasteiger partial charge in [-0.1, -0.05) is 6.92 Å². The SMILES string of the molecule is CC[C@@H](CO)NCc1ccnn1C. The number of aliphatic hydroxyl groups excluding tert-OH is 1. The van der Waals surface area contributed by atoms with Gasteiger partial charge in [0, 0.05) is 25.8 Å². The molecule has 1 aromatic rings. The average Bonchev–Trinajstić information content (AvgIpc) is 2.54. The lowest BCUT2D eigenvalue weighted by atomic mass is 10.2. The van der Waals surface area contributed by atoms with E-state index in [-0.39, 0.29) is 12.6 Å². The van der Waals surface area contributed by atoms with Crippen molar-refractivity contribution in [1.29, 1.82) is 0 Å².